The van der Waals surface area contributed by atoms with E-state index in [1.54, 1.807) is 7.11 Å². The van der Waals surface area contributed by atoms with Gasteiger partial charge in [-0.1, -0.05) is 71.8 Å². The zero-order chi connectivity index (χ0) is 19.2. The Bertz CT molecular complexity index is 286. The first-order valence-electron chi connectivity index (χ1n) is 9.71. The molecule has 0 bridgehead atoms. The molecule has 0 radical (unpaired) electrons. The van der Waals surface area contributed by atoms with E-state index in [1.807, 2.05) is 40.7 Å². The lowest BCUT2D eigenvalue weighted by molar-refractivity contribution is -0.112. The molecule has 0 aromatic carbocycles. The smallest absolute Gasteiger partial charge is 0.124 e. The predicted molar refractivity (Wildman–Crippen MR) is 109 cm³/mol. The molecule has 0 aromatic rings. The lowest BCUT2D eigenvalue weighted by atomic mass is 9.85. The highest BCUT2D eigenvalue weighted by atomic mass is 16.5. The van der Waals surface area contributed by atoms with Crippen LogP contribution in [0.1, 0.15) is 73.6 Å². The predicted octanol–water partition coefficient (Wildman–Crippen LogP) is 5.56. The molecule has 0 spiro atoms. The first kappa shape index (κ1) is 27.9. The molecule has 1 aliphatic carbocycles. The Morgan fingerprint density at radius 1 is 1.17 bits per heavy atom. The van der Waals surface area contributed by atoms with E-state index in [0.717, 1.165) is 38.7 Å². The van der Waals surface area contributed by atoms with Crippen LogP contribution in [0.15, 0.2) is 24.3 Å². The summed E-state index contributed by atoms with van der Waals surface area (Å²) in [5.41, 5.74) is 1.35. The van der Waals surface area contributed by atoms with E-state index < -0.39 is 0 Å². The molecule has 2 atom stereocenters. The van der Waals surface area contributed by atoms with Crippen molar-refractivity contribution >= 4 is 6.29 Å². The van der Waals surface area contributed by atoms with E-state index in [9.17, 15) is 4.79 Å². The van der Waals surface area contributed by atoms with Gasteiger partial charge in [-0.15, -0.1) is 0 Å². The normalized spacial score (nSPS) is 19.4. The minimum absolute atomic E-state index is 0.218. The van der Waals surface area contributed by atoms with Gasteiger partial charge < -0.3 is 14.8 Å². The molecular weight excluding hydrogens is 298 g/mol. The van der Waals surface area contributed by atoms with E-state index in [-0.39, 0.29) is 5.92 Å². The fourth-order valence-electron chi connectivity index (χ4n) is 2.31. The third-order valence-corrected chi connectivity index (χ3v) is 3.68. The molecule has 1 saturated carbocycles. The maximum atomic E-state index is 10.9. The Morgan fingerprint density at radius 3 is 2.12 bits per heavy atom. The third kappa shape index (κ3) is 15.9. The summed E-state index contributed by atoms with van der Waals surface area (Å²) in [7, 11) is 1.68. The van der Waals surface area contributed by atoms with Gasteiger partial charge in [0, 0.05) is 32.2 Å². The number of nitrogens with one attached hydrogen (secondary N) is 1. The monoisotopic (exact) mass is 341 g/mol. The van der Waals surface area contributed by atoms with Gasteiger partial charge in [0.15, 0.2) is 0 Å². The molecule has 3 heteroatoms. The van der Waals surface area contributed by atoms with Crippen molar-refractivity contribution < 1.29 is 9.53 Å². The molecule has 1 aliphatic rings. The maximum absolute atomic E-state index is 10.9. The van der Waals surface area contributed by atoms with Crippen LogP contribution in [0.4, 0.5) is 0 Å². The summed E-state index contributed by atoms with van der Waals surface area (Å²) in [6.45, 7) is 17.5. The van der Waals surface area contributed by atoms with Gasteiger partial charge in [0.2, 0.25) is 0 Å². The highest BCUT2D eigenvalue weighted by Crippen LogP contribution is 2.22. The first-order chi connectivity index (χ1) is 11.7. The molecule has 1 fully saturated rings. The second kappa shape index (κ2) is 24.3. The van der Waals surface area contributed by atoms with E-state index in [2.05, 4.69) is 29.6 Å². The molecular formula is C21H43NO2. The molecule has 2 unspecified atom stereocenters. The number of aldehydes is 1. The second-order valence-electron chi connectivity index (χ2n) is 5.06. The van der Waals surface area contributed by atoms with Gasteiger partial charge in [0.25, 0.3) is 0 Å². The van der Waals surface area contributed by atoms with E-state index in [1.165, 1.54) is 18.4 Å². The minimum atomic E-state index is 0.218. The second-order valence-corrected chi connectivity index (χ2v) is 5.06. The van der Waals surface area contributed by atoms with Crippen LogP contribution in [-0.2, 0) is 9.53 Å². The van der Waals surface area contributed by atoms with Crippen molar-refractivity contribution in [3.05, 3.63) is 24.3 Å². The van der Waals surface area contributed by atoms with Crippen LogP contribution in [0.25, 0.3) is 0 Å². The van der Waals surface area contributed by atoms with Gasteiger partial charge in [-0.25, -0.2) is 0 Å². The first-order valence-corrected chi connectivity index (χ1v) is 9.71. The molecule has 0 amide bonds. The number of ether oxygens (including phenoxy) is 1. The Hall–Kier alpha value is -0.930. The van der Waals surface area contributed by atoms with Crippen LogP contribution in [0.3, 0.4) is 0 Å². The third-order valence-electron chi connectivity index (χ3n) is 3.68. The van der Waals surface area contributed by atoms with E-state index in [0.29, 0.717) is 6.04 Å². The molecule has 3 nitrogen and oxygen atoms in total. The summed E-state index contributed by atoms with van der Waals surface area (Å²) in [6.07, 6.45) is 10.7. The summed E-state index contributed by atoms with van der Waals surface area (Å²) in [4.78, 5) is 10.9. The van der Waals surface area contributed by atoms with Crippen molar-refractivity contribution in [2.45, 2.75) is 79.7 Å². The Morgan fingerprint density at radius 2 is 1.71 bits per heavy atom. The zero-order valence-corrected chi connectivity index (χ0v) is 17.4. The van der Waals surface area contributed by atoms with Crippen molar-refractivity contribution in [2.24, 2.45) is 5.92 Å². The Kier molecular flexibility index (Phi) is 28.3. The maximum Gasteiger partial charge on any atom is 0.124 e. The molecule has 144 valence electrons. The SMILES string of the molecule is C=C/C=C(\CC)CNC1CCCCC1C=O.CC.CC.CCOC. The number of allylic oxidation sites excluding steroid dienone is 2. The summed E-state index contributed by atoms with van der Waals surface area (Å²) in [5, 5.41) is 3.51. The van der Waals surface area contributed by atoms with Crippen molar-refractivity contribution in [2.75, 3.05) is 20.3 Å². The highest BCUT2D eigenvalue weighted by Gasteiger charge is 2.23. The van der Waals surface area contributed by atoms with Crippen LogP contribution >= 0.6 is 0 Å². The van der Waals surface area contributed by atoms with E-state index >= 15 is 0 Å². The van der Waals surface area contributed by atoms with Crippen LogP contribution < -0.4 is 5.32 Å². The molecule has 24 heavy (non-hydrogen) atoms. The van der Waals surface area contributed by atoms with Gasteiger partial charge in [-0.2, -0.15) is 0 Å². The fourth-order valence-corrected chi connectivity index (χ4v) is 2.31. The van der Waals surface area contributed by atoms with Crippen LogP contribution in [0.5, 0.6) is 0 Å². The average molecular weight is 342 g/mol. The number of hydrogen-bond donors (Lipinski definition) is 1. The molecule has 1 rings (SSSR count). The van der Waals surface area contributed by atoms with Gasteiger partial charge in [-0.05, 0) is 26.2 Å². The van der Waals surface area contributed by atoms with Crippen LogP contribution in [0.2, 0.25) is 0 Å². The molecule has 0 aromatic heterocycles. The summed E-state index contributed by atoms with van der Waals surface area (Å²) < 4.78 is 4.54. The number of rotatable bonds is 7. The number of carbonyl (C=O) groups excluding carboxylic acids is 1. The lowest BCUT2D eigenvalue weighted by Gasteiger charge is -2.29. The summed E-state index contributed by atoms with van der Waals surface area (Å²) in [5.74, 6) is 0.218. The number of carbonyl (C=O) groups is 1. The van der Waals surface area contributed by atoms with Crippen LogP contribution in [-0.4, -0.2) is 32.6 Å². The van der Waals surface area contributed by atoms with Crippen molar-refractivity contribution in [3.63, 3.8) is 0 Å². The van der Waals surface area contributed by atoms with Crippen LogP contribution in [0, 0.1) is 5.92 Å². The Balaban J connectivity index is -0.000000471. The highest BCUT2D eigenvalue weighted by molar-refractivity contribution is 5.55. The summed E-state index contributed by atoms with van der Waals surface area (Å²) >= 11 is 0. The molecule has 0 aliphatic heterocycles. The molecule has 1 N–H and O–H groups in total. The van der Waals surface area contributed by atoms with Crippen molar-refractivity contribution in [1.29, 1.82) is 0 Å². The van der Waals surface area contributed by atoms with Crippen molar-refractivity contribution in [3.8, 4) is 0 Å². The fraction of sp³-hybridized carbons (Fsp3) is 0.762. The summed E-state index contributed by atoms with van der Waals surface area (Å²) in [6, 6.07) is 0.381. The van der Waals surface area contributed by atoms with Gasteiger partial charge in [-0.3, -0.25) is 0 Å². The van der Waals surface area contributed by atoms with Gasteiger partial charge in [0.05, 0.1) is 0 Å². The standard InChI is InChI=1S/C14H23NO.C3H8O.2C2H6/c1-3-7-12(4-2)10-15-14-9-6-5-8-13(14)11-16;1-3-4-2;2*1-2/h3,7,11,13-15H,1,4-6,8-10H2,2H3;3H2,1-2H3;2*1-2H3/b12-7+;;;. The van der Waals surface area contributed by atoms with Gasteiger partial charge in [0.1, 0.15) is 6.29 Å². The topological polar surface area (TPSA) is 38.3 Å². The van der Waals surface area contributed by atoms with E-state index in [4.69, 9.17) is 0 Å². The van der Waals surface area contributed by atoms with Crippen molar-refractivity contribution in [1.82, 2.24) is 5.32 Å². The quantitative estimate of drug-likeness (QED) is 0.486. The molecule has 0 heterocycles. The Labute approximate surface area is 151 Å². The number of hydrogen-bond acceptors (Lipinski definition) is 3. The number of methoxy groups -OCH3 is 1. The minimum Gasteiger partial charge on any atom is -0.385 e. The largest absolute Gasteiger partial charge is 0.385 e. The van der Waals surface area contributed by atoms with Gasteiger partial charge >= 0.3 is 0 Å². The molecule has 0 saturated heterocycles. The lowest BCUT2D eigenvalue weighted by Crippen LogP contribution is -2.40. The zero-order valence-electron chi connectivity index (χ0n) is 17.4. The average Bonchev–Trinajstić information content (AvgIpc) is 2.68.